The summed E-state index contributed by atoms with van der Waals surface area (Å²) in [4.78, 5) is 20.6. The Morgan fingerprint density at radius 1 is 1.28 bits per heavy atom. The van der Waals surface area contributed by atoms with E-state index in [0.717, 1.165) is 19.9 Å². The summed E-state index contributed by atoms with van der Waals surface area (Å²) in [6, 6.07) is 6.80. The normalized spacial score (nSPS) is 12.4. The summed E-state index contributed by atoms with van der Waals surface area (Å²) in [6.45, 7) is 7.00. The molecule has 1 aromatic carbocycles. The van der Waals surface area contributed by atoms with Gasteiger partial charge in [0.1, 0.15) is 17.6 Å². The highest BCUT2D eigenvalue weighted by molar-refractivity contribution is 6.03. The van der Waals surface area contributed by atoms with E-state index in [-0.39, 0.29) is 16.9 Å². The number of nitrogens with two attached hydrogens (primary N) is 1. The molecule has 0 aliphatic heterocycles. The molecule has 170 valence electrons. The summed E-state index contributed by atoms with van der Waals surface area (Å²) in [7, 11) is 0. The van der Waals surface area contributed by atoms with Crippen molar-refractivity contribution in [2.45, 2.75) is 52.2 Å². The fraction of sp³-hybridized carbons (Fsp3) is 0.364. The Hall–Kier alpha value is -3.61. The van der Waals surface area contributed by atoms with Crippen LogP contribution in [0, 0.1) is 24.1 Å². The standard InChI is InChI=1S/C22H24F3N5O2/c1-12-8-13(10-26)11-28-17(12)18(31)29-14-6-7-16(23)15(9-14)21(2,3)30-20(27)32-22(4,5)19(24)25/h6-9,11,19H,1-5H3,(H2,27,30)(H,29,31). The SMILES string of the molecule is Cc1cc(C#N)cnc1C(=O)Nc1ccc(F)c(C(C)(C)/N=C(/N)OC(C)(C)C(F)F)c1. The predicted octanol–water partition coefficient (Wildman–Crippen LogP) is 4.26. The number of alkyl halides is 2. The average molecular weight is 447 g/mol. The fourth-order valence-electron chi connectivity index (χ4n) is 2.81. The minimum absolute atomic E-state index is 0.0567. The number of aliphatic imine (C=N–C) groups is 1. The van der Waals surface area contributed by atoms with Crippen LogP contribution in [0.4, 0.5) is 18.9 Å². The number of pyridine rings is 1. The molecule has 0 atom stereocenters. The summed E-state index contributed by atoms with van der Waals surface area (Å²) in [5, 5.41) is 11.5. The van der Waals surface area contributed by atoms with Crippen LogP contribution in [0.15, 0.2) is 35.5 Å². The molecule has 1 aromatic heterocycles. The predicted molar refractivity (Wildman–Crippen MR) is 114 cm³/mol. The van der Waals surface area contributed by atoms with Crippen LogP contribution in [0.25, 0.3) is 0 Å². The lowest BCUT2D eigenvalue weighted by atomic mass is 9.94. The second-order valence-corrected chi connectivity index (χ2v) is 8.17. The highest BCUT2D eigenvalue weighted by atomic mass is 19.3. The number of anilines is 1. The van der Waals surface area contributed by atoms with E-state index in [2.05, 4.69) is 15.3 Å². The Labute approximate surface area is 184 Å². The van der Waals surface area contributed by atoms with E-state index in [1.165, 1.54) is 38.2 Å². The van der Waals surface area contributed by atoms with Crippen molar-refractivity contribution in [1.82, 2.24) is 4.98 Å². The number of ether oxygens (including phenoxy) is 1. The van der Waals surface area contributed by atoms with Gasteiger partial charge in [0.05, 0.1) is 11.1 Å². The van der Waals surface area contributed by atoms with Crippen molar-refractivity contribution in [3.8, 4) is 6.07 Å². The zero-order valence-corrected chi connectivity index (χ0v) is 18.3. The molecule has 2 rings (SSSR count). The van der Waals surface area contributed by atoms with E-state index in [1.807, 2.05) is 6.07 Å². The number of hydrogen-bond donors (Lipinski definition) is 2. The van der Waals surface area contributed by atoms with Crippen molar-refractivity contribution in [2.24, 2.45) is 10.7 Å². The maximum atomic E-state index is 14.6. The average Bonchev–Trinajstić information content (AvgIpc) is 2.67. The van der Waals surface area contributed by atoms with Crippen LogP contribution < -0.4 is 11.1 Å². The minimum atomic E-state index is -2.81. The number of carbonyl (C=O) groups excluding carboxylic acids is 1. The van der Waals surface area contributed by atoms with Crippen LogP contribution in [0.5, 0.6) is 0 Å². The van der Waals surface area contributed by atoms with Crippen molar-refractivity contribution < 1.29 is 22.7 Å². The van der Waals surface area contributed by atoms with Gasteiger partial charge in [-0.05, 0) is 64.4 Å². The Bertz CT molecular complexity index is 1090. The van der Waals surface area contributed by atoms with Gasteiger partial charge in [-0.15, -0.1) is 0 Å². The Morgan fingerprint density at radius 3 is 2.50 bits per heavy atom. The second-order valence-electron chi connectivity index (χ2n) is 8.17. The van der Waals surface area contributed by atoms with Gasteiger partial charge >= 0.3 is 0 Å². The number of hydrogen-bond acceptors (Lipinski definition) is 5. The van der Waals surface area contributed by atoms with Crippen LogP contribution in [0.3, 0.4) is 0 Å². The van der Waals surface area contributed by atoms with Gasteiger partial charge in [0.15, 0.2) is 5.60 Å². The Kier molecular flexibility index (Phi) is 7.13. The number of carbonyl (C=O) groups is 1. The Morgan fingerprint density at radius 2 is 1.94 bits per heavy atom. The number of amides is 1. The van der Waals surface area contributed by atoms with Crippen molar-refractivity contribution in [3.63, 3.8) is 0 Å². The van der Waals surface area contributed by atoms with Crippen LogP contribution in [0.1, 0.15) is 54.9 Å². The molecular weight excluding hydrogens is 423 g/mol. The summed E-state index contributed by atoms with van der Waals surface area (Å²) < 4.78 is 45.6. The van der Waals surface area contributed by atoms with E-state index in [9.17, 15) is 18.0 Å². The van der Waals surface area contributed by atoms with Crippen molar-refractivity contribution in [3.05, 3.63) is 58.7 Å². The van der Waals surface area contributed by atoms with Crippen LogP contribution in [-0.4, -0.2) is 28.9 Å². The first-order chi connectivity index (χ1) is 14.8. The van der Waals surface area contributed by atoms with Gasteiger partial charge in [0.25, 0.3) is 18.4 Å². The number of nitrogens with one attached hydrogen (secondary N) is 1. The topological polar surface area (TPSA) is 113 Å². The van der Waals surface area contributed by atoms with Gasteiger partial charge in [0.2, 0.25) is 0 Å². The third kappa shape index (κ3) is 5.75. The summed E-state index contributed by atoms with van der Waals surface area (Å²) in [5.41, 5.74) is 3.75. The monoisotopic (exact) mass is 447 g/mol. The lowest BCUT2D eigenvalue weighted by Crippen LogP contribution is -2.39. The first-order valence-corrected chi connectivity index (χ1v) is 9.57. The third-order valence-corrected chi connectivity index (χ3v) is 4.59. The smallest absolute Gasteiger partial charge is 0.283 e. The zero-order chi connectivity index (χ0) is 24.3. The molecule has 0 bridgehead atoms. The van der Waals surface area contributed by atoms with Gasteiger partial charge in [0, 0.05) is 17.4 Å². The van der Waals surface area contributed by atoms with Gasteiger partial charge in [-0.25, -0.2) is 23.1 Å². The minimum Gasteiger partial charge on any atom is -0.453 e. The van der Waals surface area contributed by atoms with Crippen LogP contribution in [-0.2, 0) is 10.3 Å². The first-order valence-electron chi connectivity index (χ1n) is 9.57. The lowest BCUT2D eigenvalue weighted by molar-refractivity contribution is -0.0608. The quantitative estimate of drug-likeness (QED) is 0.507. The lowest BCUT2D eigenvalue weighted by Gasteiger charge is -2.27. The second kappa shape index (κ2) is 9.26. The van der Waals surface area contributed by atoms with E-state index in [0.29, 0.717) is 11.1 Å². The van der Waals surface area contributed by atoms with Crippen LogP contribution in [0.2, 0.25) is 0 Å². The number of aromatic nitrogens is 1. The van der Waals surface area contributed by atoms with Crippen molar-refractivity contribution in [1.29, 1.82) is 5.26 Å². The van der Waals surface area contributed by atoms with Gasteiger partial charge < -0.3 is 15.8 Å². The van der Waals surface area contributed by atoms with E-state index >= 15 is 0 Å². The molecule has 0 saturated heterocycles. The summed E-state index contributed by atoms with van der Waals surface area (Å²) in [6.07, 6.45) is -1.53. The maximum Gasteiger partial charge on any atom is 0.283 e. The molecule has 1 heterocycles. The molecular formula is C22H24F3N5O2. The number of benzene rings is 1. The molecule has 10 heteroatoms. The van der Waals surface area contributed by atoms with Crippen LogP contribution >= 0.6 is 0 Å². The maximum absolute atomic E-state index is 14.6. The van der Waals surface area contributed by atoms with Gasteiger partial charge in [-0.1, -0.05) is 0 Å². The molecule has 0 spiro atoms. The van der Waals surface area contributed by atoms with Crippen molar-refractivity contribution in [2.75, 3.05) is 5.32 Å². The number of rotatable bonds is 6. The number of amidine groups is 1. The molecule has 0 fully saturated rings. The number of nitriles is 1. The molecule has 3 N–H and O–H groups in total. The summed E-state index contributed by atoms with van der Waals surface area (Å²) in [5.74, 6) is -1.18. The number of nitrogens with zero attached hydrogens (tertiary/aromatic N) is 3. The first kappa shape index (κ1) is 24.7. The molecule has 0 aliphatic rings. The molecule has 0 unspecified atom stereocenters. The third-order valence-electron chi connectivity index (χ3n) is 4.59. The fourth-order valence-corrected chi connectivity index (χ4v) is 2.81. The molecule has 0 radical (unpaired) electrons. The molecule has 0 aliphatic carbocycles. The molecule has 2 aromatic rings. The van der Waals surface area contributed by atoms with Gasteiger partial charge in [-0.2, -0.15) is 5.26 Å². The van der Waals surface area contributed by atoms with E-state index in [1.54, 1.807) is 6.92 Å². The van der Waals surface area contributed by atoms with E-state index < -0.39 is 35.3 Å². The highest BCUT2D eigenvalue weighted by Gasteiger charge is 2.34. The summed E-state index contributed by atoms with van der Waals surface area (Å²) >= 11 is 0. The Balaban J connectivity index is 2.31. The molecule has 1 amide bonds. The number of aryl methyl sites for hydroxylation is 1. The van der Waals surface area contributed by atoms with Crippen molar-refractivity contribution >= 4 is 17.6 Å². The van der Waals surface area contributed by atoms with Gasteiger partial charge in [-0.3, -0.25) is 4.79 Å². The largest absolute Gasteiger partial charge is 0.453 e. The molecule has 7 nitrogen and oxygen atoms in total. The number of halogens is 3. The van der Waals surface area contributed by atoms with E-state index in [4.69, 9.17) is 15.7 Å². The molecule has 0 saturated carbocycles. The molecule has 32 heavy (non-hydrogen) atoms. The zero-order valence-electron chi connectivity index (χ0n) is 18.3. The highest BCUT2D eigenvalue weighted by Crippen LogP contribution is 2.30.